The Bertz CT molecular complexity index is 1210. The molecule has 0 aromatic heterocycles. The summed E-state index contributed by atoms with van der Waals surface area (Å²) in [6.07, 6.45) is 9.20. The summed E-state index contributed by atoms with van der Waals surface area (Å²) in [6, 6.07) is 25.5. The van der Waals surface area contributed by atoms with Crippen LogP contribution in [0.4, 0.5) is 0 Å². The van der Waals surface area contributed by atoms with Gasteiger partial charge in [-0.2, -0.15) is 0 Å². The Morgan fingerprint density at radius 3 is 1.88 bits per heavy atom. The number of rotatable bonds is 10. The van der Waals surface area contributed by atoms with Crippen LogP contribution in [0.3, 0.4) is 0 Å². The van der Waals surface area contributed by atoms with Gasteiger partial charge in [0, 0.05) is 30.4 Å². The van der Waals surface area contributed by atoms with Crippen LogP contribution in [0.2, 0.25) is 0 Å². The van der Waals surface area contributed by atoms with Gasteiger partial charge >= 0.3 is 0 Å². The molecule has 0 spiro atoms. The molecule has 0 heterocycles. The highest BCUT2D eigenvalue weighted by atomic mass is 16.5. The number of hydrogen-bond acceptors (Lipinski definition) is 2. The second kappa shape index (κ2) is 13.8. The van der Waals surface area contributed by atoms with Crippen LogP contribution in [0.5, 0.6) is 5.75 Å². The molecule has 6 atom stereocenters. The predicted molar refractivity (Wildman–Crippen MR) is 175 cm³/mol. The van der Waals surface area contributed by atoms with Crippen molar-refractivity contribution < 1.29 is 4.74 Å². The molecule has 2 fully saturated rings. The van der Waals surface area contributed by atoms with Crippen LogP contribution in [-0.2, 0) is 13.0 Å². The van der Waals surface area contributed by atoms with Crippen LogP contribution < -0.4 is 4.74 Å². The van der Waals surface area contributed by atoms with Crippen LogP contribution in [-0.4, -0.2) is 23.6 Å². The van der Waals surface area contributed by atoms with E-state index in [1.165, 1.54) is 60.4 Å². The van der Waals surface area contributed by atoms with E-state index in [2.05, 4.69) is 113 Å². The van der Waals surface area contributed by atoms with Gasteiger partial charge in [0.15, 0.2) is 0 Å². The lowest BCUT2D eigenvalue weighted by atomic mass is 9.69. The molecule has 2 aliphatic carbocycles. The predicted octanol–water partition coefficient (Wildman–Crippen LogP) is 10.2. The molecular formula is C39H55NO. The van der Waals surface area contributed by atoms with Crippen LogP contribution in [0.15, 0.2) is 66.7 Å². The molecular weight excluding hydrogens is 498 g/mol. The maximum Gasteiger partial charge on any atom is 0.127 e. The van der Waals surface area contributed by atoms with Gasteiger partial charge in [-0.25, -0.2) is 0 Å². The third-order valence-corrected chi connectivity index (χ3v) is 10.7. The maximum absolute atomic E-state index is 6.43. The number of hydrogen-bond donors (Lipinski definition) is 0. The summed E-state index contributed by atoms with van der Waals surface area (Å²) < 4.78 is 6.43. The smallest absolute Gasteiger partial charge is 0.127 e. The molecule has 0 aliphatic heterocycles. The Kier molecular flexibility index (Phi) is 10.1. The molecule has 0 radical (unpaired) electrons. The van der Waals surface area contributed by atoms with E-state index in [1.807, 2.05) is 0 Å². The van der Waals surface area contributed by atoms with Crippen molar-refractivity contribution in [3.63, 3.8) is 0 Å². The van der Waals surface area contributed by atoms with Crippen molar-refractivity contribution in [3.8, 4) is 5.75 Å². The van der Waals surface area contributed by atoms with E-state index in [0.29, 0.717) is 18.7 Å². The first-order valence-electron chi connectivity index (χ1n) is 16.7. The Balaban J connectivity index is 1.41. The molecule has 2 aliphatic rings. The molecule has 5 unspecified atom stereocenters. The standard InChI is InChI=1S/C39H55NO/c1-27(2)34-20-18-29(5)24-37(34)40(38-25-30(6)19-21-35(38)28(3)4)26-33-14-8-7-12-31(33)22-23-41-39-17-11-15-32-13-9-10-16-36(32)39/h7-17,27-30,34-35,37-38H,18-26H2,1-6H3/t29?,30?,34?,35?,37-,38?/m1/s1. The average molecular weight is 554 g/mol. The number of fused-ring (bicyclic) bond motifs is 1. The topological polar surface area (TPSA) is 12.5 Å². The fourth-order valence-electron chi connectivity index (χ4n) is 8.29. The second-order valence-corrected chi connectivity index (χ2v) is 14.3. The molecule has 5 rings (SSSR count). The van der Waals surface area contributed by atoms with Gasteiger partial charge in [-0.1, -0.05) is 115 Å². The lowest BCUT2D eigenvalue weighted by Gasteiger charge is -2.52. The summed E-state index contributed by atoms with van der Waals surface area (Å²) in [5, 5.41) is 2.44. The normalized spacial score (nSPS) is 27.1. The SMILES string of the molecule is CC1CCC(C(C)C)C(N(Cc2ccccc2CCOc2cccc3ccccc23)[C@@H]2CC(C)CCC2C(C)C)C1. The fraction of sp³-hybridized carbons (Fsp3) is 0.590. The van der Waals surface area contributed by atoms with Crippen LogP contribution in [0, 0.1) is 35.5 Å². The number of ether oxygens (including phenoxy) is 1. The van der Waals surface area contributed by atoms with Gasteiger partial charge in [0.25, 0.3) is 0 Å². The van der Waals surface area contributed by atoms with Gasteiger partial charge in [0.05, 0.1) is 6.61 Å². The van der Waals surface area contributed by atoms with Crippen molar-refractivity contribution in [2.45, 2.75) is 105 Å². The van der Waals surface area contributed by atoms with Crippen LogP contribution >= 0.6 is 0 Å². The van der Waals surface area contributed by atoms with Gasteiger partial charge in [-0.15, -0.1) is 0 Å². The molecule has 0 saturated heterocycles. The third kappa shape index (κ3) is 7.19. The zero-order chi connectivity index (χ0) is 28.9. The molecule has 41 heavy (non-hydrogen) atoms. The van der Waals surface area contributed by atoms with Crippen molar-refractivity contribution in [1.29, 1.82) is 0 Å². The lowest BCUT2D eigenvalue weighted by Crippen LogP contribution is -2.54. The molecule has 2 heteroatoms. The third-order valence-electron chi connectivity index (χ3n) is 10.7. The Morgan fingerprint density at radius 1 is 0.683 bits per heavy atom. The molecule has 222 valence electrons. The minimum absolute atomic E-state index is 0.676. The highest BCUT2D eigenvalue weighted by molar-refractivity contribution is 5.88. The quantitative estimate of drug-likeness (QED) is 0.248. The minimum Gasteiger partial charge on any atom is -0.493 e. The summed E-state index contributed by atoms with van der Waals surface area (Å²) in [6.45, 7) is 16.7. The number of nitrogens with zero attached hydrogens (tertiary/aromatic N) is 1. The zero-order valence-electron chi connectivity index (χ0n) is 26.7. The Labute approximate surface area is 250 Å². The summed E-state index contributed by atoms with van der Waals surface area (Å²) in [5.74, 6) is 5.68. The van der Waals surface area contributed by atoms with E-state index in [9.17, 15) is 0 Å². The molecule has 3 aromatic carbocycles. The van der Waals surface area contributed by atoms with Crippen molar-refractivity contribution >= 4 is 10.8 Å². The fourth-order valence-corrected chi connectivity index (χ4v) is 8.29. The van der Waals surface area contributed by atoms with Crippen LogP contribution in [0.25, 0.3) is 10.8 Å². The van der Waals surface area contributed by atoms with E-state index in [0.717, 1.165) is 54.2 Å². The monoisotopic (exact) mass is 553 g/mol. The summed E-state index contributed by atoms with van der Waals surface area (Å²) in [7, 11) is 0. The van der Waals surface area contributed by atoms with Gasteiger partial charge in [-0.05, 0) is 83.8 Å². The van der Waals surface area contributed by atoms with Gasteiger partial charge in [-0.3, -0.25) is 4.90 Å². The highest BCUT2D eigenvalue weighted by Gasteiger charge is 2.42. The summed E-state index contributed by atoms with van der Waals surface area (Å²) >= 11 is 0. The molecule has 0 bridgehead atoms. The molecule has 0 amide bonds. The van der Waals surface area contributed by atoms with Gasteiger partial charge in [0.1, 0.15) is 5.75 Å². The first kappa shape index (κ1) is 30.1. The Morgan fingerprint density at radius 2 is 1.24 bits per heavy atom. The summed E-state index contributed by atoms with van der Waals surface area (Å²) in [4.78, 5) is 3.06. The zero-order valence-corrected chi connectivity index (χ0v) is 26.7. The van der Waals surface area contributed by atoms with E-state index in [4.69, 9.17) is 4.74 Å². The average Bonchev–Trinajstić information content (AvgIpc) is 2.96. The molecule has 3 aromatic rings. The minimum atomic E-state index is 0.676. The lowest BCUT2D eigenvalue weighted by molar-refractivity contribution is -0.0284. The van der Waals surface area contributed by atoms with E-state index >= 15 is 0 Å². The van der Waals surface area contributed by atoms with Crippen molar-refractivity contribution in [2.75, 3.05) is 6.61 Å². The van der Waals surface area contributed by atoms with Crippen molar-refractivity contribution in [3.05, 3.63) is 77.9 Å². The van der Waals surface area contributed by atoms with E-state index in [1.54, 1.807) is 0 Å². The van der Waals surface area contributed by atoms with Gasteiger partial charge < -0.3 is 4.74 Å². The first-order valence-corrected chi connectivity index (χ1v) is 16.7. The Hall–Kier alpha value is -2.32. The van der Waals surface area contributed by atoms with E-state index < -0.39 is 0 Å². The van der Waals surface area contributed by atoms with Crippen LogP contribution in [0.1, 0.15) is 91.2 Å². The molecule has 2 nitrogen and oxygen atoms in total. The van der Waals surface area contributed by atoms with Gasteiger partial charge in [0.2, 0.25) is 0 Å². The molecule has 2 saturated carbocycles. The largest absolute Gasteiger partial charge is 0.493 e. The van der Waals surface area contributed by atoms with E-state index in [-0.39, 0.29) is 0 Å². The second-order valence-electron chi connectivity index (χ2n) is 14.3. The van der Waals surface area contributed by atoms with Crippen molar-refractivity contribution in [1.82, 2.24) is 4.90 Å². The maximum atomic E-state index is 6.43. The molecule has 0 N–H and O–H groups in total. The first-order chi connectivity index (χ1) is 19.8. The highest BCUT2D eigenvalue weighted by Crippen LogP contribution is 2.43. The van der Waals surface area contributed by atoms with Crippen molar-refractivity contribution in [2.24, 2.45) is 35.5 Å². The number of benzene rings is 3. The summed E-state index contributed by atoms with van der Waals surface area (Å²) in [5.41, 5.74) is 2.96.